The molecule has 4 nitrogen and oxygen atoms in total. The SMILES string of the molecule is O=C(CN1CCNCC1c1ccccc1Cl)N1CCCC(C(F)(F)F)C1. The summed E-state index contributed by atoms with van der Waals surface area (Å²) in [5, 5.41) is 3.93. The second-order valence-electron chi connectivity index (χ2n) is 6.93. The molecule has 26 heavy (non-hydrogen) atoms. The Balaban J connectivity index is 1.68. The summed E-state index contributed by atoms with van der Waals surface area (Å²) in [5.41, 5.74) is 0.931. The lowest BCUT2D eigenvalue weighted by Crippen LogP contribution is -2.52. The molecule has 1 N–H and O–H groups in total. The van der Waals surface area contributed by atoms with Crippen molar-refractivity contribution in [1.82, 2.24) is 15.1 Å². The van der Waals surface area contributed by atoms with E-state index in [2.05, 4.69) is 5.32 Å². The van der Waals surface area contributed by atoms with E-state index in [4.69, 9.17) is 11.6 Å². The van der Waals surface area contributed by atoms with E-state index in [-0.39, 0.29) is 31.5 Å². The van der Waals surface area contributed by atoms with Gasteiger partial charge in [0, 0.05) is 43.8 Å². The van der Waals surface area contributed by atoms with Gasteiger partial charge >= 0.3 is 6.18 Å². The molecule has 0 spiro atoms. The van der Waals surface area contributed by atoms with Crippen molar-refractivity contribution in [3.05, 3.63) is 34.9 Å². The van der Waals surface area contributed by atoms with Gasteiger partial charge < -0.3 is 10.2 Å². The quantitative estimate of drug-likeness (QED) is 0.863. The second-order valence-corrected chi connectivity index (χ2v) is 7.34. The van der Waals surface area contributed by atoms with Gasteiger partial charge in [0.15, 0.2) is 0 Å². The predicted molar refractivity (Wildman–Crippen MR) is 94.0 cm³/mol. The van der Waals surface area contributed by atoms with E-state index in [9.17, 15) is 18.0 Å². The highest BCUT2D eigenvalue weighted by Gasteiger charge is 2.43. The standard InChI is InChI=1S/C18H23ClF3N3O/c19-15-6-2-1-5-14(15)16-10-23-7-9-24(16)12-17(26)25-8-3-4-13(11-25)18(20,21)22/h1-2,5-6,13,16,23H,3-4,7-12H2. The molecule has 2 aliphatic heterocycles. The molecular formula is C18H23ClF3N3O. The minimum atomic E-state index is -4.24. The zero-order valence-electron chi connectivity index (χ0n) is 14.4. The Morgan fingerprint density at radius 2 is 2.04 bits per heavy atom. The van der Waals surface area contributed by atoms with Crippen LogP contribution in [0, 0.1) is 5.92 Å². The van der Waals surface area contributed by atoms with Crippen LogP contribution in [0.5, 0.6) is 0 Å². The van der Waals surface area contributed by atoms with Crippen molar-refractivity contribution in [1.29, 1.82) is 0 Å². The lowest BCUT2D eigenvalue weighted by Gasteiger charge is -2.39. The first-order valence-corrected chi connectivity index (χ1v) is 9.27. The van der Waals surface area contributed by atoms with Gasteiger partial charge in [-0.3, -0.25) is 9.69 Å². The number of rotatable bonds is 3. The highest BCUT2D eigenvalue weighted by atomic mass is 35.5. The summed E-state index contributed by atoms with van der Waals surface area (Å²) in [6.45, 7) is 2.32. The lowest BCUT2D eigenvalue weighted by atomic mass is 9.97. The van der Waals surface area contributed by atoms with Crippen molar-refractivity contribution in [3.8, 4) is 0 Å². The van der Waals surface area contributed by atoms with Crippen LogP contribution in [-0.2, 0) is 4.79 Å². The third kappa shape index (κ3) is 4.50. The highest BCUT2D eigenvalue weighted by molar-refractivity contribution is 6.31. The van der Waals surface area contributed by atoms with Crippen LogP contribution < -0.4 is 5.32 Å². The topological polar surface area (TPSA) is 35.6 Å². The molecule has 2 saturated heterocycles. The van der Waals surface area contributed by atoms with E-state index in [1.807, 2.05) is 29.2 Å². The van der Waals surface area contributed by atoms with Crippen LogP contribution in [0.25, 0.3) is 0 Å². The molecule has 2 unspecified atom stereocenters. The van der Waals surface area contributed by atoms with Crippen LogP contribution in [0.1, 0.15) is 24.4 Å². The number of nitrogens with zero attached hydrogens (tertiary/aromatic N) is 2. The number of benzene rings is 1. The third-order valence-corrected chi connectivity index (χ3v) is 5.54. The summed E-state index contributed by atoms with van der Waals surface area (Å²) in [6, 6.07) is 7.42. The summed E-state index contributed by atoms with van der Waals surface area (Å²) in [6.07, 6.45) is -3.75. The Hall–Kier alpha value is -1.31. The van der Waals surface area contributed by atoms with Crippen LogP contribution in [0.15, 0.2) is 24.3 Å². The lowest BCUT2D eigenvalue weighted by molar-refractivity contribution is -0.188. The number of halogens is 4. The number of amides is 1. The molecule has 1 aromatic rings. The molecule has 0 bridgehead atoms. The first-order chi connectivity index (χ1) is 12.4. The molecule has 2 atom stereocenters. The van der Waals surface area contributed by atoms with Gasteiger partial charge in [-0.25, -0.2) is 0 Å². The molecule has 144 valence electrons. The fourth-order valence-electron chi connectivity index (χ4n) is 3.73. The Morgan fingerprint density at radius 1 is 1.27 bits per heavy atom. The average molecular weight is 390 g/mol. The Labute approximate surface area is 156 Å². The average Bonchev–Trinajstić information content (AvgIpc) is 2.62. The maximum absolute atomic E-state index is 13.0. The van der Waals surface area contributed by atoms with Crippen molar-refractivity contribution in [2.24, 2.45) is 5.92 Å². The summed E-state index contributed by atoms with van der Waals surface area (Å²) in [4.78, 5) is 16.0. The van der Waals surface area contributed by atoms with E-state index in [0.717, 1.165) is 12.1 Å². The van der Waals surface area contributed by atoms with Crippen LogP contribution in [0.2, 0.25) is 5.02 Å². The molecule has 0 radical (unpaired) electrons. The van der Waals surface area contributed by atoms with E-state index in [1.165, 1.54) is 4.90 Å². The van der Waals surface area contributed by atoms with Gasteiger partial charge in [0.1, 0.15) is 0 Å². The van der Waals surface area contributed by atoms with Crippen LogP contribution in [0.4, 0.5) is 13.2 Å². The summed E-state index contributed by atoms with van der Waals surface area (Å²) in [7, 11) is 0. The van der Waals surface area contributed by atoms with Crippen molar-refractivity contribution >= 4 is 17.5 Å². The van der Waals surface area contributed by atoms with Crippen LogP contribution >= 0.6 is 11.6 Å². The number of likely N-dealkylation sites (tertiary alicyclic amines) is 1. The molecule has 1 amide bonds. The van der Waals surface area contributed by atoms with E-state index >= 15 is 0 Å². The molecule has 1 aromatic carbocycles. The smallest absolute Gasteiger partial charge is 0.341 e. The Morgan fingerprint density at radius 3 is 2.77 bits per heavy atom. The fourth-order valence-corrected chi connectivity index (χ4v) is 3.99. The van der Waals surface area contributed by atoms with Crippen LogP contribution in [0.3, 0.4) is 0 Å². The zero-order valence-corrected chi connectivity index (χ0v) is 15.2. The summed E-state index contributed by atoms with van der Waals surface area (Å²) < 4.78 is 39.0. The van der Waals surface area contributed by atoms with Gasteiger partial charge in [-0.1, -0.05) is 29.8 Å². The monoisotopic (exact) mass is 389 g/mol. The number of carbonyl (C=O) groups excluding carboxylic acids is 1. The van der Waals surface area contributed by atoms with Crippen molar-refractivity contribution in [2.75, 3.05) is 39.3 Å². The molecule has 3 rings (SSSR count). The van der Waals surface area contributed by atoms with E-state index in [0.29, 0.717) is 31.1 Å². The first kappa shape index (κ1) is 19.5. The molecule has 0 aromatic heterocycles. The van der Waals surface area contributed by atoms with Crippen molar-refractivity contribution in [2.45, 2.75) is 25.1 Å². The molecular weight excluding hydrogens is 367 g/mol. The molecule has 2 heterocycles. The van der Waals surface area contributed by atoms with Crippen molar-refractivity contribution < 1.29 is 18.0 Å². The summed E-state index contributed by atoms with van der Waals surface area (Å²) >= 11 is 6.30. The number of hydrogen-bond donors (Lipinski definition) is 1. The van der Waals surface area contributed by atoms with Gasteiger partial charge in [-0.15, -0.1) is 0 Å². The highest BCUT2D eigenvalue weighted by Crippen LogP contribution is 2.33. The Kier molecular flexibility index (Phi) is 6.10. The van der Waals surface area contributed by atoms with Gasteiger partial charge in [0.25, 0.3) is 0 Å². The molecule has 2 fully saturated rings. The number of alkyl halides is 3. The van der Waals surface area contributed by atoms with Crippen LogP contribution in [-0.4, -0.2) is 61.2 Å². The van der Waals surface area contributed by atoms with Crippen molar-refractivity contribution in [3.63, 3.8) is 0 Å². The van der Waals surface area contributed by atoms with E-state index in [1.54, 1.807) is 0 Å². The molecule has 2 aliphatic rings. The number of hydrogen-bond acceptors (Lipinski definition) is 3. The third-order valence-electron chi connectivity index (χ3n) is 5.19. The second kappa shape index (κ2) is 8.15. The molecule has 0 saturated carbocycles. The number of piperidine rings is 1. The van der Waals surface area contributed by atoms with Gasteiger partial charge in [0.05, 0.1) is 12.5 Å². The fraction of sp³-hybridized carbons (Fsp3) is 0.611. The number of nitrogens with one attached hydrogen (secondary N) is 1. The minimum absolute atomic E-state index is 0.0652. The molecule has 0 aliphatic carbocycles. The minimum Gasteiger partial charge on any atom is -0.341 e. The maximum atomic E-state index is 13.0. The summed E-state index contributed by atoms with van der Waals surface area (Å²) in [5.74, 6) is -1.65. The normalized spacial score (nSPS) is 25.3. The first-order valence-electron chi connectivity index (χ1n) is 8.90. The molecule has 8 heteroatoms. The number of piperazine rings is 1. The van der Waals surface area contributed by atoms with E-state index < -0.39 is 12.1 Å². The largest absolute Gasteiger partial charge is 0.393 e. The maximum Gasteiger partial charge on any atom is 0.393 e. The van der Waals surface area contributed by atoms with Gasteiger partial charge in [-0.05, 0) is 24.5 Å². The Bertz CT molecular complexity index is 640. The van der Waals surface area contributed by atoms with Gasteiger partial charge in [0.2, 0.25) is 5.91 Å². The van der Waals surface area contributed by atoms with Gasteiger partial charge in [-0.2, -0.15) is 13.2 Å². The zero-order chi connectivity index (χ0) is 18.7. The number of carbonyl (C=O) groups is 1. The predicted octanol–water partition coefficient (Wildman–Crippen LogP) is 3.09.